The number of rotatable bonds is 9. The summed E-state index contributed by atoms with van der Waals surface area (Å²) in [7, 11) is 0. The van der Waals surface area contributed by atoms with Gasteiger partial charge in [0.2, 0.25) is 0 Å². The van der Waals surface area contributed by atoms with Gasteiger partial charge < -0.3 is 19.5 Å². The lowest BCUT2D eigenvalue weighted by Gasteiger charge is -2.25. The Balaban J connectivity index is 1.43. The number of morpholine rings is 1. The van der Waals surface area contributed by atoms with Gasteiger partial charge in [-0.25, -0.2) is 18.7 Å². The van der Waals surface area contributed by atoms with Gasteiger partial charge in [-0.2, -0.15) is 0 Å². The van der Waals surface area contributed by atoms with Gasteiger partial charge in [0.05, 0.1) is 37.0 Å². The fourth-order valence-electron chi connectivity index (χ4n) is 4.34. The highest BCUT2D eigenvalue weighted by Gasteiger charge is 2.22. The van der Waals surface area contributed by atoms with Crippen LogP contribution in [0.3, 0.4) is 0 Å². The number of allylic oxidation sites excluding steroid dienone is 1. The number of nitrogens with one attached hydrogen (secondary N) is 1. The van der Waals surface area contributed by atoms with Gasteiger partial charge in [-0.15, -0.1) is 0 Å². The molecule has 0 spiro atoms. The highest BCUT2D eigenvalue weighted by atomic mass is 35.5. The highest BCUT2D eigenvalue weighted by Crippen LogP contribution is 2.32. The molecule has 1 N–H and O–H groups in total. The van der Waals surface area contributed by atoms with Gasteiger partial charge in [-0.3, -0.25) is 9.69 Å². The summed E-state index contributed by atoms with van der Waals surface area (Å²) in [4.78, 5) is 23.6. The molecule has 0 amide bonds. The molecule has 3 aromatic rings. The maximum Gasteiger partial charge on any atom is 0.195 e. The van der Waals surface area contributed by atoms with Crippen molar-refractivity contribution in [2.24, 2.45) is 0 Å². The number of ketones is 1. The number of anilines is 2. The Kier molecular flexibility index (Phi) is 8.43. The first-order valence-electron chi connectivity index (χ1n) is 12.4. The van der Waals surface area contributed by atoms with Gasteiger partial charge in [0.15, 0.2) is 11.6 Å². The second kappa shape index (κ2) is 12.1. The number of carbonyl (C=O) groups excluding carboxylic acids is 1. The Morgan fingerprint density at radius 2 is 2.03 bits per heavy atom. The largest absolute Gasteiger partial charge is 0.488 e. The lowest BCUT2D eigenvalue weighted by molar-refractivity contribution is -0.116. The summed E-state index contributed by atoms with van der Waals surface area (Å²) in [6.07, 6.45) is 3.03. The van der Waals surface area contributed by atoms with E-state index in [2.05, 4.69) is 15.3 Å². The molecule has 3 heterocycles. The normalized spacial score (nSPS) is 18.6. The van der Waals surface area contributed by atoms with Crippen LogP contribution >= 0.6 is 11.6 Å². The van der Waals surface area contributed by atoms with Crippen LogP contribution in [0, 0.1) is 5.82 Å². The Labute approximate surface area is 223 Å². The number of carbonyl (C=O) groups is 1. The Morgan fingerprint density at radius 1 is 1.18 bits per heavy atom. The Hall–Kier alpha value is -3.18. The van der Waals surface area contributed by atoms with Crippen molar-refractivity contribution in [1.29, 1.82) is 0 Å². The average Bonchev–Trinajstić information content (AvgIpc) is 3.44. The number of ether oxygens (including phenoxy) is 3. The molecule has 2 aliphatic rings. The lowest BCUT2D eigenvalue weighted by Crippen LogP contribution is -2.36. The first-order chi connectivity index (χ1) is 18.5. The van der Waals surface area contributed by atoms with E-state index >= 15 is 0 Å². The van der Waals surface area contributed by atoms with Gasteiger partial charge in [0, 0.05) is 55.2 Å². The predicted octanol–water partition coefficient (Wildman–Crippen LogP) is 4.63. The smallest absolute Gasteiger partial charge is 0.195 e. The van der Waals surface area contributed by atoms with Crippen molar-refractivity contribution in [2.75, 3.05) is 51.4 Å². The van der Waals surface area contributed by atoms with Gasteiger partial charge in [-0.05, 0) is 30.3 Å². The first kappa shape index (κ1) is 26.4. The Morgan fingerprint density at radius 3 is 2.79 bits per heavy atom. The summed E-state index contributed by atoms with van der Waals surface area (Å²) in [5.41, 5.74) is 1.58. The van der Waals surface area contributed by atoms with E-state index in [1.807, 2.05) is 4.90 Å². The third-order valence-corrected chi connectivity index (χ3v) is 6.72. The number of hydrogen-bond acceptors (Lipinski definition) is 8. The van der Waals surface area contributed by atoms with Crippen LogP contribution in [-0.2, 0) is 20.7 Å². The zero-order chi connectivity index (χ0) is 26.5. The second-order valence-electron chi connectivity index (χ2n) is 9.12. The summed E-state index contributed by atoms with van der Waals surface area (Å²) in [6, 6.07) is 7.67. The molecule has 5 rings (SSSR count). The third-order valence-electron chi connectivity index (χ3n) is 6.43. The van der Waals surface area contributed by atoms with Crippen LogP contribution in [0.25, 0.3) is 10.9 Å². The number of Topliss-reactive ketones (excluding diaryl/α,β-unsaturated/α-hetero) is 1. The van der Waals surface area contributed by atoms with E-state index in [0.29, 0.717) is 86.2 Å². The molecule has 0 saturated carbocycles. The number of hydrogen-bond donors (Lipinski definition) is 1. The minimum Gasteiger partial charge on any atom is -0.488 e. The van der Waals surface area contributed by atoms with Gasteiger partial charge >= 0.3 is 0 Å². The maximum absolute atomic E-state index is 14.8. The average molecular weight is 545 g/mol. The SMILES string of the molecule is O=C(Cc1cc2c(Nc3ccc(F)c(Cl)c3)ncnc2cc1O[C@H]1CCOC1)/C(F)=C\CN1CCOCC1. The zero-order valence-corrected chi connectivity index (χ0v) is 21.3. The van der Waals surface area contributed by atoms with Crippen LogP contribution in [-0.4, -0.2) is 72.8 Å². The molecule has 200 valence electrons. The molecule has 1 atom stereocenters. The topological polar surface area (TPSA) is 85.8 Å². The molecular weight excluding hydrogens is 518 g/mol. The van der Waals surface area contributed by atoms with E-state index in [1.54, 1.807) is 12.1 Å². The number of fused-ring (bicyclic) bond motifs is 1. The van der Waals surface area contributed by atoms with Crippen LogP contribution in [0.2, 0.25) is 5.02 Å². The molecule has 11 heteroatoms. The van der Waals surface area contributed by atoms with Crippen molar-refractivity contribution >= 4 is 39.8 Å². The van der Waals surface area contributed by atoms with Crippen LogP contribution in [0.4, 0.5) is 20.3 Å². The Bertz CT molecular complexity index is 1340. The van der Waals surface area contributed by atoms with E-state index in [4.69, 9.17) is 25.8 Å². The molecule has 1 aromatic heterocycles. The van der Waals surface area contributed by atoms with Crippen molar-refractivity contribution in [3.8, 4) is 5.75 Å². The van der Waals surface area contributed by atoms with Crippen LogP contribution < -0.4 is 10.1 Å². The molecule has 2 saturated heterocycles. The van der Waals surface area contributed by atoms with Gasteiger partial charge in [0.1, 0.15) is 29.8 Å². The monoisotopic (exact) mass is 544 g/mol. The van der Waals surface area contributed by atoms with E-state index in [-0.39, 0.29) is 17.5 Å². The summed E-state index contributed by atoms with van der Waals surface area (Å²) in [6.45, 7) is 3.92. The minimum atomic E-state index is -0.796. The molecule has 0 aliphatic carbocycles. The van der Waals surface area contributed by atoms with Crippen molar-refractivity contribution in [3.63, 3.8) is 0 Å². The molecule has 8 nitrogen and oxygen atoms in total. The third kappa shape index (κ3) is 6.44. The summed E-state index contributed by atoms with van der Waals surface area (Å²) >= 11 is 5.93. The number of aromatic nitrogens is 2. The second-order valence-corrected chi connectivity index (χ2v) is 9.53. The molecule has 2 aliphatic heterocycles. The molecule has 2 aromatic carbocycles. The predicted molar refractivity (Wildman–Crippen MR) is 139 cm³/mol. The standard InChI is InChI=1S/C27H27ClF2N4O4/c28-21-13-18(1-2-22(21)29)33-27-20-11-17(12-25(35)23(30)3-5-34-6-9-36-10-7-34)26(14-24(20)31-16-32-27)38-19-4-8-37-15-19/h1-3,11,13-14,16,19H,4-10,12,15H2,(H,31,32,33)/b23-3+/t19-/m0/s1. The highest BCUT2D eigenvalue weighted by molar-refractivity contribution is 6.31. The molecule has 2 fully saturated rings. The van der Waals surface area contributed by atoms with Crippen LogP contribution in [0.5, 0.6) is 5.75 Å². The molecule has 38 heavy (non-hydrogen) atoms. The van der Waals surface area contributed by atoms with Crippen molar-refractivity contribution in [3.05, 3.63) is 65.0 Å². The number of halogens is 3. The van der Waals surface area contributed by atoms with Crippen molar-refractivity contribution in [1.82, 2.24) is 14.9 Å². The first-order valence-corrected chi connectivity index (χ1v) is 12.8. The van der Waals surface area contributed by atoms with E-state index in [1.165, 1.54) is 30.6 Å². The summed E-state index contributed by atoms with van der Waals surface area (Å²) in [5, 5.41) is 3.67. The lowest BCUT2D eigenvalue weighted by atomic mass is 10.0. The fourth-order valence-corrected chi connectivity index (χ4v) is 4.52. The van der Waals surface area contributed by atoms with E-state index in [9.17, 15) is 13.6 Å². The molecular formula is C27H27ClF2N4O4. The van der Waals surface area contributed by atoms with Crippen LogP contribution in [0.1, 0.15) is 12.0 Å². The molecule has 0 unspecified atom stereocenters. The van der Waals surface area contributed by atoms with Gasteiger partial charge in [-0.1, -0.05) is 11.6 Å². The van der Waals surface area contributed by atoms with E-state index < -0.39 is 17.4 Å². The van der Waals surface area contributed by atoms with Crippen molar-refractivity contribution in [2.45, 2.75) is 18.9 Å². The van der Waals surface area contributed by atoms with Crippen LogP contribution in [0.15, 0.2) is 48.6 Å². The maximum atomic E-state index is 14.8. The summed E-state index contributed by atoms with van der Waals surface area (Å²) < 4.78 is 45.3. The quantitative estimate of drug-likeness (QED) is 0.390. The minimum absolute atomic E-state index is 0.0338. The molecule has 0 bridgehead atoms. The zero-order valence-electron chi connectivity index (χ0n) is 20.6. The number of benzene rings is 2. The van der Waals surface area contributed by atoms with Gasteiger partial charge in [0.25, 0.3) is 0 Å². The molecule has 0 radical (unpaired) electrons. The summed E-state index contributed by atoms with van der Waals surface area (Å²) in [5.74, 6) is -1.12. The number of nitrogens with zero attached hydrogens (tertiary/aromatic N) is 3. The van der Waals surface area contributed by atoms with E-state index in [0.717, 1.165) is 0 Å². The van der Waals surface area contributed by atoms with Crippen molar-refractivity contribution < 1.29 is 27.8 Å². The fraction of sp³-hybridized carbons (Fsp3) is 0.370.